The summed E-state index contributed by atoms with van der Waals surface area (Å²) >= 11 is 0. The molecule has 1 amide bonds. The maximum Gasteiger partial charge on any atom is 0.246 e. The summed E-state index contributed by atoms with van der Waals surface area (Å²) in [6.07, 6.45) is 6.59. The highest BCUT2D eigenvalue weighted by Crippen LogP contribution is 2.20. The Kier molecular flexibility index (Phi) is 9.20. The summed E-state index contributed by atoms with van der Waals surface area (Å²) in [5.41, 5.74) is 1.82. The van der Waals surface area contributed by atoms with E-state index >= 15 is 0 Å². The molecule has 174 valence electrons. The van der Waals surface area contributed by atoms with Crippen LogP contribution in [0.1, 0.15) is 49.7 Å². The van der Waals surface area contributed by atoms with E-state index in [-0.39, 0.29) is 31.0 Å². The normalized spacial score (nSPS) is 14.9. The van der Waals surface area contributed by atoms with E-state index in [9.17, 15) is 17.6 Å². The van der Waals surface area contributed by atoms with Gasteiger partial charge in [-0.25, -0.2) is 17.5 Å². The van der Waals surface area contributed by atoms with Crippen molar-refractivity contribution in [2.24, 2.45) is 0 Å². The van der Waals surface area contributed by atoms with Gasteiger partial charge < -0.3 is 10.1 Å². The van der Waals surface area contributed by atoms with Crippen LogP contribution in [0.2, 0.25) is 0 Å². The fourth-order valence-corrected chi connectivity index (χ4v) is 5.06. The van der Waals surface area contributed by atoms with Crippen LogP contribution in [-0.2, 0) is 32.6 Å². The second-order valence-electron chi connectivity index (χ2n) is 8.17. The number of hydrogen-bond donors (Lipinski definition) is 2. The van der Waals surface area contributed by atoms with Gasteiger partial charge in [0.15, 0.2) is 0 Å². The molecule has 1 aliphatic rings. The number of sulfonamides is 1. The van der Waals surface area contributed by atoms with Gasteiger partial charge in [0.2, 0.25) is 15.9 Å². The van der Waals surface area contributed by atoms with Crippen molar-refractivity contribution in [2.45, 2.75) is 62.5 Å². The van der Waals surface area contributed by atoms with Gasteiger partial charge in [-0.05, 0) is 61.1 Å². The van der Waals surface area contributed by atoms with Gasteiger partial charge in [-0.3, -0.25) is 4.79 Å². The Morgan fingerprint density at radius 2 is 1.62 bits per heavy atom. The predicted octanol–water partition coefficient (Wildman–Crippen LogP) is 3.70. The first kappa shape index (κ1) is 24.4. The van der Waals surface area contributed by atoms with E-state index in [1.54, 1.807) is 24.3 Å². The van der Waals surface area contributed by atoms with Crippen molar-refractivity contribution in [2.75, 3.05) is 13.2 Å². The van der Waals surface area contributed by atoms with Crippen molar-refractivity contribution in [1.82, 2.24) is 10.0 Å². The minimum atomic E-state index is -3.48. The van der Waals surface area contributed by atoms with Crippen molar-refractivity contribution in [3.63, 3.8) is 0 Å². The molecule has 2 aromatic rings. The second kappa shape index (κ2) is 12.1. The third-order valence-electron chi connectivity index (χ3n) is 5.54. The second-order valence-corrected chi connectivity index (χ2v) is 9.89. The number of hydrogen-bond acceptors (Lipinski definition) is 4. The highest BCUT2D eigenvalue weighted by molar-refractivity contribution is 7.89. The number of aryl methyl sites for hydroxylation is 1. The first-order valence-electron chi connectivity index (χ1n) is 11.1. The molecule has 2 aromatic carbocycles. The van der Waals surface area contributed by atoms with Crippen molar-refractivity contribution in [3.8, 4) is 0 Å². The van der Waals surface area contributed by atoms with Crippen molar-refractivity contribution < 1.29 is 22.3 Å². The Morgan fingerprint density at radius 3 is 2.31 bits per heavy atom. The molecule has 8 heteroatoms. The Balaban J connectivity index is 1.33. The minimum absolute atomic E-state index is 0.0386. The smallest absolute Gasteiger partial charge is 0.246 e. The average Bonchev–Trinajstić information content (AvgIpc) is 2.79. The molecule has 6 nitrogen and oxygen atoms in total. The zero-order valence-corrected chi connectivity index (χ0v) is 19.0. The molecule has 1 aliphatic carbocycles. The Bertz CT molecular complexity index is 956. The highest BCUT2D eigenvalue weighted by atomic mass is 32.2. The lowest BCUT2D eigenvalue weighted by Gasteiger charge is -2.22. The summed E-state index contributed by atoms with van der Waals surface area (Å²) in [5.74, 6) is -0.513. The van der Waals surface area contributed by atoms with Crippen LogP contribution in [0.5, 0.6) is 0 Å². The summed E-state index contributed by atoms with van der Waals surface area (Å²) in [6, 6.07) is 12.9. The Labute approximate surface area is 189 Å². The fraction of sp³-hybridized carbons (Fsp3) is 0.458. The molecule has 0 bridgehead atoms. The lowest BCUT2D eigenvalue weighted by molar-refractivity contribution is -0.126. The highest BCUT2D eigenvalue weighted by Gasteiger charge is 2.21. The van der Waals surface area contributed by atoms with E-state index in [4.69, 9.17) is 4.74 Å². The summed E-state index contributed by atoms with van der Waals surface area (Å²) < 4.78 is 46.1. The molecule has 32 heavy (non-hydrogen) atoms. The number of carbonyl (C=O) groups is 1. The number of nitrogens with one attached hydrogen (secondary N) is 2. The molecule has 0 unspecified atom stereocenters. The van der Waals surface area contributed by atoms with E-state index in [1.807, 2.05) is 12.1 Å². The molecule has 1 saturated carbocycles. The van der Waals surface area contributed by atoms with Gasteiger partial charge in [0.1, 0.15) is 12.4 Å². The maximum atomic E-state index is 12.9. The quantitative estimate of drug-likeness (QED) is 0.499. The van der Waals surface area contributed by atoms with Gasteiger partial charge in [-0.15, -0.1) is 0 Å². The van der Waals surface area contributed by atoms with Crippen LogP contribution in [0.3, 0.4) is 0 Å². The SMILES string of the molecule is O=C(COCc1ccc(F)cc1)NCCCc1ccc(S(=O)(=O)NC2CCCCC2)cc1. The fourth-order valence-electron chi connectivity index (χ4n) is 3.76. The first-order chi connectivity index (χ1) is 15.4. The monoisotopic (exact) mass is 462 g/mol. The summed E-state index contributed by atoms with van der Waals surface area (Å²) in [5, 5.41) is 2.80. The third kappa shape index (κ3) is 8.00. The number of amides is 1. The minimum Gasteiger partial charge on any atom is -0.367 e. The van der Waals surface area contributed by atoms with Gasteiger partial charge in [0.05, 0.1) is 11.5 Å². The van der Waals surface area contributed by atoms with Crippen molar-refractivity contribution in [3.05, 3.63) is 65.5 Å². The van der Waals surface area contributed by atoms with Crippen molar-refractivity contribution in [1.29, 1.82) is 0 Å². The van der Waals surface area contributed by atoms with Crippen LogP contribution < -0.4 is 10.0 Å². The van der Waals surface area contributed by atoms with Crippen LogP contribution in [0.15, 0.2) is 53.4 Å². The molecule has 0 spiro atoms. The predicted molar refractivity (Wildman–Crippen MR) is 121 cm³/mol. The zero-order valence-electron chi connectivity index (χ0n) is 18.2. The molecule has 2 N–H and O–H groups in total. The standard InChI is InChI=1S/C24H31FN2O4S/c25-21-12-8-20(9-13-21)17-31-18-24(28)26-16-4-5-19-10-14-23(15-11-19)32(29,30)27-22-6-2-1-3-7-22/h8-15,22,27H,1-7,16-18H2,(H,26,28). The number of benzene rings is 2. The van der Waals surface area contributed by atoms with Gasteiger partial charge in [0.25, 0.3) is 0 Å². The van der Waals surface area contributed by atoms with Crippen LogP contribution in [0.4, 0.5) is 4.39 Å². The Hall–Kier alpha value is -2.29. The summed E-state index contributed by atoms with van der Waals surface area (Å²) in [6.45, 7) is 0.693. The van der Waals surface area contributed by atoms with Crippen LogP contribution in [0.25, 0.3) is 0 Å². The first-order valence-corrected chi connectivity index (χ1v) is 12.6. The molecule has 0 aliphatic heterocycles. The lowest BCUT2D eigenvalue weighted by atomic mass is 9.96. The van der Waals surface area contributed by atoms with E-state index in [2.05, 4.69) is 10.0 Å². The molecule has 0 radical (unpaired) electrons. The molecule has 0 atom stereocenters. The molecule has 0 saturated heterocycles. The molecular weight excluding hydrogens is 431 g/mol. The summed E-state index contributed by atoms with van der Waals surface area (Å²) in [7, 11) is -3.48. The number of rotatable bonds is 11. The molecular formula is C24H31FN2O4S. The largest absolute Gasteiger partial charge is 0.367 e. The van der Waals surface area contributed by atoms with E-state index in [1.165, 1.54) is 18.6 Å². The van der Waals surface area contributed by atoms with E-state index in [0.717, 1.165) is 49.7 Å². The third-order valence-corrected chi connectivity index (χ3v) is 7.08. The van der Waals surface area contributed by atoms with Crippen LogP contribution in [-0.4, -0.2) is 33.5 Å². The average molecular weight is 463 g/mol. The van der Waals surface area contributed by atoms with E-state index < -0.39 is 10.0 Å². The topological polar surface area (TPSA) is 84.5 Å². The van der Waals surface area contributed by atoms with Gasteiger partial charge in [-0.2, -0.15) is 0 Å². The number of carbonyl (C=O) groups excluding carboxylic acids is 1. The lowest BCUT2D eigenvalue weighted by Crippen LogP contribution is -2.36. The van der Waals surface area contributed by atoms with Gasteiger partial charge in [-0.1, -0.05) is 43.5 Å². The molecule has 3 rings (SSSR count). The van der Waals surface area contributed by atoms with Gasteiger partial charge >= 0.3 is 0 Å². The van der Waals surface area contributed by atoms with Crippen LogP contribution >= 0.6 is 0 Å². The maximum absolute atomic E-state index is 12.9. The molecule has 0 heterocycles. The van der Waals surface area contributed by atoms with Crippen LogP contribution in [0, 0.1) is 5.82 Å². The number of ether oxygens (including phenoxy) is 1. The van der Waals surface area contributed by atoms with Crippen molar-refractivity contribution >= 4 is 15.9 Å². The Morgan fingerprint density at radius 1 is 0.969 bits per heavy atom. The van der Waals surface area contributed by atoms with E-state index in [0.29, 0.717) is 11.4 Å². The van der Waals surface area contributed by atoms with Gasteiger partial charge in [0, 0.05) is 12.6 Å². The summed E-state index contributed by atoms with van der Waals surface area (Å²) in [4.78, 5) is 12.1. The number of halogens is 1. The molecule has 0 aromatic heterocycles. The molecule has 1 fully saturated rings. The zero-order chi connectivity index (χ0) is 22.8.